The number of rotatable bonds is 4. The molecule has 24 heavy (non-hydrogen) atoms. The number of hydrogen-bond acceptors (Lipinski definition) is 4. The van der Waals surface area contributed by atoms with Gasteiger partial charge in [0.15, 0.2) is 0 Å². The molecule has 0 radical (unpaired) electrons. The lowest BCUT2D eigenvalue weighted by Gasteiger charge is -2.33. The maximum Gasteiger partial charge on any atom is 0.217 e. The average molecular weight is 340 g/mol. The van der Waals surface area contributed by atoms with Crippen LogP contribution in [0.2, 0.25) is 0 Å². The summed E-state index contributed by atoms with van der Waals surface area (Å²) in [5.74, 6) is -3.09. The third-order valence-corrected chi connectivity index (χ3v) is 3.95. The summed E-state index contributed by atoms with van der Waals surface area (Å²) in [5, 5.41) is 5.99. The van der Waals surface area contributed by atoms with Crippen LogP contribution < -0.4 is 10.6 Å². The Kier molecular flexibility index (Phi) is 4.82. The second-order valence-electron chi connectivity index (χ2n) is 5.77. The molecule has 3 rings (SSSR count). The van der Waals surface area contributed by atoms with Crippen molar-refractivity contribution in [3.05, 3.63) is 47.8 Å². The molecule has 128 valence electrons. The van der Waals surface area contributed by atoms with Gasteiger partial charge >= 0.3 is 0 Å². The SMILES string of the molecule is Fc1cc(F)nc(N[C@@H]2CCCC[C@H]2Nc2cc(F)cc(F)n2)c1. The van der Waals surface area contributed by atoms with Gasteiger partial charge in [0.05, 0.1) is 0 Å². The van der Waals surface area contributed by atoms with Gasteiger partial charge in [-0.1, -0.05) is 12.8 Å². The zero-order chi connectivity index (χ0) is 17.1. The first-order chi connectivity index (χ1) is 11.5. The second-order valence-corrected chi connectivity index (χ2v) is 5.77. The summed E-state index contributed by atoms with van der Waals surface area (Å²) in [5.41, 5.74) is 0. The van der Waals surface area contributed by atoms with Crippen molar-refractivity contribution in [3.8, 4) is 0 Å². The van der Waals surface area contributed by atoms with Crippen LogP contribution >= 0.6 is 0 Å². The van der Waals surface area contributed by atoms with Gasteiger partial charge in [-0.3, -0.25) is 0 Å². The molecule has 4 nitrogen and oxygen atoms in total. The van der Waals surface area contributed by atoms with E-state index in [-0.39, 0.29) is 23.7 Å². The van der Waals surface area contributed by atoms with Crippen molar-refractivity contribution in [1.82, 2.24) is 9.97 Å². The van der Waals surface area contributed by atoms with Crippen LogP contribution in [0.15, 0.2) is 24.3 Å². The molecule has 2 aromatic heterocycles. The molecule has 0 aromatic carbocycles. The number of nitrogens with one attached hydrogen (secondary N) is 2. The van der Waals surface area contributed by atoms with Gasteiger partial charge in [0.25, 0.3) is 0 Å². The minimum atomic E-state index is -0.910. The lowest BCUT2D eigenvalue weighted by atomic mass is 9.90. The number of anilines is 2. The lowest BCUT2D eigenvalue weighted by molar-refractivity contribution is 0.420. The fourth-order valence-electron chi connectivity index (χ4n) is 2.94. The highest BCUT2D eigenvalue weighted by molar-refractivity contribution is 5.40. The van der Waals surface area contributed by atoms with Crippen LogP contribution in [-0.2, 0) is 0 Å². The number of nitrogens with zero attached hydrogens (tertiary/aromatic N) is 2. The molecule has 0 amide bonds. The van der Waals surface area contributed by atoms with E-state index >= 15 is 0 Å². The largest absolute Gasteiger partial charge is 0.365 e. The van der Waals surface area contributed by atoms with Crippen molar-refractivity contribution in [1.29, 1.82) is 0 Å². The maximum absolute atomic E-state index is 13.3. The molecule has 0 spiro atoms. The first-order valence-corrected chi connectivity index (χ1v) is 7.69. The molecule has 2 atom stereocenters. The summed E-state index contributed by atoms with van der Waals surface area (Å²) in [7, 11) is 0. The number of halogens is 4. The molecule has 0 saturated heterocycles. The average Bonchev–Trinajstić information content (AvgIpc) is 2.47. The van der Waals surface area contributed by atoms with Crippen LogP contribution in [0, 0.1) is 23.5 Å². The van der Waals surface area contributed by atoms with E-state index < -0.39 is 23.5 Å². The Morgan fingerprint density at radius 3 is 1.50 bits per heavy atom. The highest BCUT2D eigenvalue weighted by Crippen LogP contribution is 2.25. The number of aromatic nitrogens is 2. The van der Waals surface area contributed by atoms with Crippen LogP contribution in [0.4, 0.5) is 29.2 Å². The van der Waals surface area contributed by atoms with Gasteiger partial charge in [-0.15, -0.1) is 0 Å². The summed E-state index contributed by atoms with van der Waals surface area (Å²) in [6.45, 7) is 0. The van der Waals surface area contributed by atoms with Gasteiger partial charge in [-0.25, -0.2) is 18.7 Å². The minimum absolute atomic E-state index is 0.0876. The standard InChI is InChI=1S/C16H16F4N4/c17-9-5-13(19)23-15(7-9)21-11-3-1-2-4-12(11)22-16-8-10(18)6-14(20)24-16/h5-8,11-12H,1-4H2,(H,21,23)(H,22,24)/t11-,12-/m1/s1. The van der Waals surface area contributed by atoms with Gasteiger partial charge in [0, 0.05) is 36.3 Å². The number of hydrogen-bond donors (Lipinski definition) is 2. The summed E-state index contributed by atoms with van der Waals surface area (Å²) in [6.07, 6.45) is 3.32. The molecule has 0 aliphatic heterocycles. The maximum atomic E-state index is 13.3. The molecule has 1 saturated carbocycles. The third-order valence-electron chi connectivity index (χ3n) is 3.95. The zero-order valence-corrected chi connectivity index (χ0v) is 12.7. The predicted octanol–water partition coefficient (Wildman–Crippen LogP) is 3.87. The number of pyridine rings is 2. The van der Waals surface area contributed by atoms with E-state index in [0.29, 0.717) is 12.1 Å². The molecule has 2 heterocycles. The van der Waals surface area contributed by atoms with E-state index in [1.807, 2.05) is 0 Å². The highest BCUT2D eigenvalue weighted by Gasteiger charge is 2.26. The van der Waals surface area contributed by atoms with Crippen molar-refractivity contribution in [3.63, 3.8) is 0 Å². The topological polar surface area (TPSA) is 49.8 Å². The molecule has 2 N–H and O–H groups in total. The Labute approximate surface area is 136 Å². The summed E-state index contributed by atoms with van der Waals surface area (Å²) >= 11 is 0. The van der Waals surface area contributed by atoms with Crippen LogP contribution in [0.3, 0.4) is 0 Å². The van der Waals surface area contributed by atoms with E-state index in [1.165, 1.54) is 0 Å². The fraction of sp³-hybridized carbons (Fsp3) is 0.375. The van der Waals surface area contributed by atoms with Crippen LogP contribution in [0.1, 0.15) is 25.7 Å². The predicted molar refractivity (Wildman–Crippen MR) is 81.6 cm³/mol. The molecule has 2 aromatic rings. The molecular formula is C16H16F4N4. The second kappa shape index (κ2) is 7.02. The molecule has 0 bridgehead atoms. The molecule has 1 fully saturated rings. The summed E-state index contributed by atoms with van der Waals surface area (Å²) in [4.78, 5) is 7.23. The Hall–Kier alpha value is -2.38. The van der Waals surface area contributed by atoms with Gasteiger partial charge < -0.3 is 10.6 Å². The summed E-state index contributed by atoms with van der Waals surface area (Å²) in [6, 6.07) is 3.22. The first-order valence-electron chi connectivity index (χ1n) is 7.69. The van der Waals surface area contributed by atoms with E-state index in [0.717, 1.165) is 37.8 Å². The van der Waals surface area contributed by atoms with Gasteiger partial charge in [0.2, 0.25) is 11.9 Å². The minimum Gasteiger partial charge on any atom is -0.365 e. The van der Waals surface area contributed by atoms with E-state index in [1.54, 1.807) is 0 Å². The van der Waals surface area contributed by atoms with Crippen LogP contribution in [0.5, 0.6) is 0 Å². The molecule has 1 aliphatic carbocycles. The van der Waals surface area contributed by atoms with Crippen LogP contribution in [0.25, 0.3) is 0 Å². The van der Waals surface area contributed by atoms with Crippen molar-refractivity contribution < 1.29 is 17.6 Å². The first kappa shape index (κ1) is 16.5. The smallest absolute Gasteiger partial charge is 0.217 e. The lowest BCUT2D eigenvalue weighted by Crippen LogP contribution is -2.42. The quantitative estimate of drug-likeness (QED) is 0.655. The van der Waals surface area contributed by atoms with E-state index in [9.17, 15) is 17.6 Å². The van der Waals surface area contributed by atoms with E-state index in [4.69, 9.17) is 0 Å². The molecule has 8 heteroatoms. The highest BCUT2D eigenvalue weighted by atomic mass is 19.1. The Balaban J connectivity index is 1.75. The van der Waals surface area contributed by atoms with Crippen LogP contribution in [-0.4, -0.2) is 22.1 Å². The Morgan fingerprint density at radius 2 is 1.12 bits per heavy atom. The normalized spacial score (nSPS) is 20.7. The van der Waals surface area contributed by atoms with E-state index in [2.05, 4.69) is 20.6 Å². The fourth-order valence-corrected chi connectivity index (χ4v) is 2.94. The van der Waals surface area contributed by atoms with Crippen molar-refractivity contribution in [2.75, 3.05) is 10.6 Å². The molecular weight excluding hydrogens is 324 g/mol. The molecule has 1 aliphatic rings. The third kappa shape index (κ3) is 4.12. The van der Waals surface area contributed by atoms with Crippen molar-refractivity contribution in [2.45, 2.75) is 37.8 Å². The van der Waals surface area contributed by atoms with Crippen molar-refractivity contribution >= 4 is 11.6 Å². The Morgan fingerprint density at radius 1 is 0.708 bits per heavy atom. The summed E-state index contributed by atoms with van der Waals surface area (Å²) < 4.78 is 53.0. The molecule has 0 unspecified atom stereocenters. The Bertz CT molecular complexity index is 623. The van der Waals surface area contributed by atoms with Gasteiger partial charge in [-0.05, 0) is 12.8 Å². The monoisotopic (exact) mass is 340 g/mol. The van der Waals surface area contributed by atoms with Gasteiger partial charge in [-0.2, -0.15) is 8.78 Å². The van der Waals surface area contributed by atoms with Crippen molar-refractivity contribution in [2.24, 2.45) is 0 Å². The zero-order valence-electron chi connectivity index (χ0n) is 12.7. The van der Waals surface area contributed by atoms with Gasteiger partial charge in [0.1, 0.15) is 23.3 Å².